The maximum Gasteiger partial charge on any atom is 0.434 e. The van der Waals surface area contributed by atoms with Gasteiger partial charge in [0.1, 0.15) is 11.5 Å². The Balaban J connectivity index is 1.63. The SMILES string of the molecule is COc1ccc(-c2csc(NC(=O)c3cnn(-c4ccccc4)c3C(F)(F)F)n2)c(OC)c1. The summed E-state index contributed by atoms with van der Waals surface area (Å²) >= 11 is 1.07. The normalized spacial score (nSPS) is 11.3. The molecule has 1 N–H and O–H groups in total. The van der Waals surface area contributed by atoms with Crippen LogP contribution in [0.1, 0.15) is 16.1 Å². The lowest BCUT2D eigenvalue weighted by molar-refractivity contribution is -0.143. The number of aromatic nitrogens is 3. The van der Waals surface area contributed by atoms with Gasteiger partial charge in [0.2, 0.25) is 0 Å². The van der Waals surface area contributed by atoms with Crippen LogP contribution in [-0.2, 0) is 6.18 Å². The van der Waals surface area contributed by atoms with E-state index in [4.69, 9.17) is 9.47 Å². The lowest BCUT2D eigenvalue weighted by atomic mass is 10.1. The second kappa shape index (κ2) is 8.94. The van der Waals surface area contributed by atoms with E-state index in [1.807, 2.05) is 0 Å². The van der Waals surface area contributed by atoms with Gasteiger partial charge in [-0.1, -0.05) is 18.2 Å². The molecule has 7 nitrogen and oxygen atoms in total. The monoisotopic (exact) mass is 474 g/mol. The van der Waals surface area contributed by atoms with Gasteiger partial charge in [0.25, 0.3) is 5.91 Å². The fraction of sp³-hybridized carbons (Fsp3) is 0.136. The molecule has 0 saturated heterocycles. The van der Waals surface area contributed by atoms with E-state index in [-0.39, 0.29) is 10.8 Å². The van der Waals surface area contributed by atoms with Crippen molar-refractivity contribution in [1.82, 2.24) is 14.8 Å². The number of ether oxygens (including phenoxy) is 2. The van der Waals surface area contributed by atoms with Crippen molar-refractivity contribution in [1.29, 1.82) is 0 Å². The summed E-state index contributed by atoms with van der Waals surface area (Å²) in [4.78, 5) is 17.1. The van der Waals surface area contributed by atoms with Gasteiger partial charge >= 0.3 is 6.18 Å². The fourth-order valence-corrected chi connectivity index (χ4v) is 3.89. The molecule has 0 spiro atoms. The molecule has 0 aliphatic carbocycles. The smallest absolute Gasteiger partial charge is 0.434 e. The number of halogens is 3. The highest BCUT2D eigenvalue weighted by Crippen LogP contribution is 2.36. The Morgan fingerprint density at radius 3 is 2.52 bits per heavy atom. The summed E-state index contributed by atoms with van der Waals surface area (Å²) in [5.74, 6) is 0.127. The number of hydrogen-bond donors (Lipinski definition) is 1. The van der Waals surface area contributed by atoms with E-state index in [2.05, 4.69) is 15.4 Å². The third-order valence-electron chi connectivity index (χ3n) is 4.69. The van der Waals surface area contributed by atoms with E-state index in [0.717, 1.165) is 17.5 Å². The van der Waals surface area contributed by atoms with Crippen LogP contribution in [0.25, 0.3) is 16.9 Å². The van der Waals surface area contributed by atoms with Gasteiger partial charge in [0.05, 0.1) is 37.4 Å². The summed E-state index contributed by atoms with van der Waals surface area (Å²) < 4.78 is 52.7. The van der Waals surface area contributed by atoms with Crippen LogP contribution in [0.15, 0.2) is 60.1 Å². The van der Waals surface area contributed by atoms with Crippen molar-refractivity contribution in [3.63, 3.8) is 0 Å². The van der Waals surface area contributed by atoms with Gasteiger partial charge < -0.3 is 9.47 Å². The molecule has 0 bridgehead atoms. The maximum absolute atomic E-state index is 13.8. The van der Waals surface area contributed by atoms with E-state index in [1.165, 1.54) is 26.4 Å². The lowest BCUT2D eigenvalue weighted by Gasteiger charge is -2.12. The number of para-hydroxylation sites is 1. The van der Waals surface area contributed by atoms with Crippen molar-refractivity contribution < 1.29 is 27.4 Å². The van der Waals surface area contributed by atoms with Gasteiger partial charge in [0, 0.05) is 17.0 Å². The average Bonchev–Trinajstić information content (AvgIpc) is 3.46. The molecule has 33 heavy (non-hydrogen) atoms. The number of thiazole rings is 1. The molecule has 0 fully saturated rings. The maximum atomic E-state index is 13.8. The predicted octanol–water partition coefficient (Wildman–Crippen LogP) is 5.28. The molecule has 2 aromatic carbocycles. The van der Waals surface area contributed by atoms with Crippen molar-refractivity contribution in [2.45, 2.75) is 6.18 Å². The first-order valence-electron chi connectivity index (χ1n) is 9.51. The molecular formula is C22H17F3N4O3S. The van der Waals surface area contributed by atoms with E-state index in [1.54, 1.807) is 41.8 Å². The van der Waals surface area contributed by atoms with Crippen molar-refractivity contribution >= 4 is 22.4 Å². The van der Waals surface area contributed by atoms with Gasteiger partial charge in [-0.25, -0.2) is 9.67 Å². The molecule has 0 atom stereocenters. The van der Waals surface area contributed by atoms with Crippen LogP contribution in [0.3, 0.4) is 0 Å². The van der Waals surface area contributed by atoms with Gasteiger partial charge in [-0.05, 0) is 24.3 Å². The predicted molar refractivity (Wildman–Crippen MR) is 117 cm³/mol. The Kier molecular flexibility index (Phi) is 6.05. The molecule has 0 aliphatic heterocycles. The Labute approximate surface area is 190 Å². The Bertz CT molecular complexity index is 1290. The van der Waals surface area contributed by atoms with E-state index in [0.29, 0.717) is 27.4 Å². The molecule has 0 unspecified atom stereocenters. The summed E-state index contributed by atoms with van der Waals surface area (Å²) in [6.07, 6.45) is -3.91. The van der Waals surface area contributed by atoms with Crippen LogP contribution in [0.5, 0.6) is 11.5 Å². The van der Waals surface area contributed by atoms with E-state index < -0.39 is 23.3 Å². The Morgan fingerprint density at radius 2 is 1.85 bits per heavy atom. The van der Waals surface area contributed by atoms with Gasteiger partial charge in [-0.3, -0.25) is 10.1 Å². The minimum Gasteiger partial charge on any atom is -0.497 e. The number of benzene rings is 2. The summed E-state index contributed by atoms with van der Waals surface area (Å²) in [6.45, 7) is 0. The summed E-state index contributed by atoms with van der Waals surface area (Å²) in [5.41, 5.74) is -0.453. The quantitative estimate of drug-likeness (QED) is 0.411. The van der Waals surface area contributed by atoms with Gasteiger partial charge in [-0.15, -0.1) is 11.3 Å². The highest BCUT2D eigenvalue weighted by molar-refractivity contribution is 7.14. The van der Waals surface area contributed by atoms with Gasteiger partial charge in [-0.2, -0.15) is 18.3 Å². The average molecular weight is 474 g/mol. The number of amides is 1. The summed E-state index contributed by atoms with van der Waals surface area (Å²) in [7, 11) is 3.02. The fourth-order valence-electron chi connectivity index (χ4n) is 3.18. The zero-order valence-electron chi connectivity index (χ0n) is 17.4. The van der Waals surface area contributed by atoms with Crippen LogP contribution in [0, 0.1) is 0 Å². The van der Waals surface area contributed by atoms with E-state index >= 15 is 0 Å². The van der Waals surface area contributed by atoms with Crippen molar-refractivity contribution in [3.8, 4) is 28.4 Å². The molecule has 170 valence electrons. The van der Waals surface area contributed by atoms with Crippen LogP contribution in [0.2, 0.25) is 0 Å². The molecule has 1 amide bonds. The first-order valence-corrected chi connectivity index (χ1v) is 10.4. The number of anilines is 1. The lowest BCUT2D eigenvalue weighted by Crippen LogP contribution is -2.20. The number of hydrogen-bond acceptors (Lipinski definition) is 6. The van der Waals surface area contributed by atoms with Crippen LogP contribution >= 0.6 is 11.3 Å². The third kappa shape index (κ3) is 4.53. The zero-order chi connectivity index (χ0) is 23.6. The Hall–Kier alpha value is -3.86. The van der Waals surface area contributed by atoms with Crippen molar-refractivity contribution in [3.05, 3.63) is 71.4 Å². The Morgan fingerprint density at radius 1 is 1.09 bits per heavy atom. The molecule has 2 aromatic heterocycles. The van der Waals surface area contributed by atoms with Crippen LogP contribution in [0.4, 0.5) is 18.3 Å². The van der Waals surface area contributed by atoms with Crippen LogP contribution < -0.4 is 14.8 Å². The molecule has 4 rings (SSSR count). The number of nitrogens with zero attached hydrogens (tertiary/aromatic N) is 3. The molecule has 11 heteroatoms. The van der Waals surface area contributed by atoms with Crippen molar-refractivity contribution in [2.75, 3.05) is 19.5 Å². The largest absolute Gasteiger partial charge is 0.497 e. The van der Waals surface area contributed by atoms with Crippen LogP contribution in [-0.4, -0.2) is 34.9 Å². The number of rotatable bonds is 6. The van der Waals surface area contributed by atoms with Crippen molar-refractivity contribution in [2.24, 2.45) is 0 Å². The minimum absolute atomic E-state index is 0.133. The number of alkyl halides is 3. The molecule has 0 saturated carbocycles. The number of carbonyl (C=O) groups excluding carboxylic acids is 1. The van der Waals surface area contributed by atoms with E-state index in [9.17, 15) is 18.0 Å². The third-order valence-corrected chi connectivity index (χ3v) is 5.45. The number of nitrogens with one attached hydrogen (secondary N) is 1. The van der Waals surface area contributed by atoms with Gasteiger partial charge in [0.15, 0.2) is 10.8 Å². The topological polar surface area (TPSA) is 78.3 Å². The molecule has 0 aliphatic rings. The summed E-state index contributed by atoms with van der Waals surface area (Å²) in [6, 6.07) is 12.9. The first-order chi connectivity index (χ1) is 15.8. The second-order valence-electron chi connectivity index (χ2n) is 6.71. The second-order valence-corrected chi connectivity index (χ2v) is 7.57. The zero-order valence-corrected chi connectivity index (χ0v) is 18.2. The highest BCUT2D eigenvalue weighted by Gasteiger charge is 2.40. The summed E-state index contributed by atoms with van der Waals surface area (Å²) in [5, 5.41) is 8.03. The molecule has 0 radical (unpaired) electrons. The molecule has 2 heterocycles. The molecular weight excluding hydrogens is 457 g/mol. The minimum atomic E-state index is -4.80. The standard InChI is InChI=1S/C22H17F3N4O3S/c1-31-14-8-9-15(18(10-14)32-2)17-12-33-21(27-17)28-20(30)16-11-26-29(19(16)22(23,24)25)13-6-4-3-5-7-13/h3-12H,1-2H3,(H,27,28,30). The number of carbonyl (C=O) groups is 1. The number of methoxy groups -OCH3 is 2. The highest BCUT2D eigenvalue weighted by atomic mass is 32.1. The first kappa shape index (κ1) is 22.3. The molecule has 4 aromatic rings.